The summed E-state index contributed by atoms with van der Waals surface area (Å²) in [7, 11) is 0. The molecule has 0 saturated carbocycles. The van der Waals surface area contributed by atoms with Crippen molar-refractivity contribution < 1.29 is 0 Å². The highest BCUT2D eigenvalue weighted by Crippen LogP contribution is 2.16. The Kier molecular flexibility index (Phi) is 3.69. The van der Waals surface area contributed by atoms with Gasteiger partial charge in [-0.15, -0.1) is 11.7 Å². The van der Waals surface area contributed by atoms with Crippen molar-refractivity contribution in [3.8, 4) is 0 Å². The lowest BCUT2D eigenvalue weighted by Crippen LogP contribution is -2.30. The van der Waals surface area contributed by atoms with Crippen LogP contribution in [0.3, 0.4) is 0 Å². The lowest BCUT2D eigenvalue weighted by atomic mass is 10.1. The highest BCUT2D eigenvalue weighted by atomic mass is 15.3. The topological polar surface area (TPSA) is 53.9 Å². The Hall–Kier alpha value is -1.65. The van der Waals surface area contributed by atoms with Gasteiger partial charge >= 0.3 is 0 Å². The van der Waals surface area contributed by atoms with Gasteiger partial charge in [-0.25, -0.2) is 0 Å². The highest BCUT2D eigenvalue weighted by molar-refractivity contribution is 5.40. The zero-order chi connectivity index (χ0) is 11.2. The van der Waals surface area contributed by atoms with E-state index in [9.17, 15) is 0 Å². The Balaban J connectivity index is 2.05. The van der Waals surface area contributed by atoms with Crippen molar-refractivity contribution in [3.05, 3.63) is 18.9 Å². The molecule has 0 aromatic carbocycles. The number of nitrogens with one attached hydrogen (secondary N) is 1. The first-order valence-corrected chi connectivity index (χ1v) is 5.69. The molecule has 0 bridgehead atoms. The number of hydrogen-bond acceptors (Lipinski definition) is 5. The van der Waals surface area contributed by atoms with Crippen LogP contribution < -0.4 is 10.2 Å². The van der Waals surface area contributed by atoms with Gasteiger partial charge in [0.15, 0.2) is 5.82 Å². The van der Waals surface area contributed by atoms with Gasteiger partial charge < -0.3 is 10.2 Å². The van der Waals surface area contributed by atoms with Gasteiger partial charge in [0, 0.05) is 19.6 Å². The summed E-state index contributed by atoms with van der Waals surface area (Å²) >= 11 is 0. The van der Waals surface area contributed by atoms with E-state index in [-0.39, 0.29) is 0 Å². The second-order valence-electron chi connectivity index (χ2n) is 3.86. The molecule has 5 nitrogen and oxygen atoms in total. The molecule has 16 heavy (non-hydrogen) atoms. The summed E-state index contributed by atoms with van der Waals surface area (Å²) < 4.78 is 0. The fourth-order valence-electron chi connectivity index (χ4n) is 1.81. The molecular formula is C11H17N5. The zero-order valence-electron chi connectivity index (χ0n) is 9.39. The van der Waals surface area contributed by atoms with E-state index in [0.29, 0.717) is 12.5 Å². The summed E-state index contributed by atoms with van der Waals surface area (Å²) in [4.78, 5) is 6.69. The lowest BCUT2D eigenvalue weighted by Gasteiger charge is -2.27. The van der Waals surface area contributed by atoms with Crippen molar-refractivity contribution >= 4 is 11.8 Å². The maximum Gasteiger partial charge on any atom is 0.244 e. The van der Waals surface area contributed by atoms with Crippen LogP contribution in [-0.4, -0.2) is 34.8 Å². The van der Waals surface area contributed by atoms with Crippen LogP contribution >= 0.6 is 0 Å². The molecule has 0 amide bonds. The van der Waals surface area contributed by atoms with Crippen molar-refractivity contribution in [2.45, 2.75) is 19.3 Å². The number of rotatable bonds is 4. The average molecular weight is 219 g/mol. The second kappa shape index (κ2) is 5.44. The fourth-order valence-corrected chi connectivity index (χ4v) is 1.81. The number of hydrogen-bond donors (Lipinski definition) is 1. The average Bonchev–Trinajstić information content (AvgIpc) is 2.38. The molecule has 1 aromatic heterocycles. The van der Waals surface area contributed by atoms with Crippen molar-refractivity contribution in [2.75, 3.05) is 29.9 Å². The molecule has 1 aliphatic heterocycles. The highest BCUT2D eigenvalue weighted by Gasteiger charge is 2.12. The molecule has 1 N–H and O–H groups in total. The maximum atomic E-state index is 4.43. The third-order valence-corrected chi connectivity index (χ3v) is 2.63. The summed E-state index contributed by atoms with van der Waals surface area (Å²) in [5, 5.41) is 10.9. The Morgan fingerprint density at radius 2 is 2.19 bits per heavy atom. The quantitative estimate of drug-likeness (QED) is 0.777. The van der Waals surface area contributed by atoms with E-state index < -0.39 is 0 Å². The van der Waals surface area contributed by atoms with Crippen molar-refractivity contribution in [2.24, 2.45) is 0 Å². The van der Waals surface area contributed by atoms with E-state index in [1.807, 2.05) is 0 Å². The zero-order valence-corrected chi connectivity index (χ0v) is 9.39. The lowest BCUT2D eigenvalue weighted by molar-refractivity contribution is 0.572. The van der Waals surface area contributed by atoms with Gasteiger partial charge in [0.25, 0.3) is 0 Å². The summed E-state index contributed by atoms with van der Waals surface area (Å²) in [6.07, 6.45) is 7.29. The minimum Gasteiger partial charge on any atom is -0.355 e. The normalized spacial score (nSPS) is 15.9. The molecule has 1 saturated heterocycles. The molecule has 5 heteroatoms. The Morgan fingerprint density at radius 1 is 1.38 bits per heavy atom. The Morgan fingerprint density at radius 3 is 2.94 bits per heavy atom. The van der Waals surface area contributed by atoms with Gasteiger partial charge in [0.1, 0.15) is 0 Å². The largest absolute Gasteiger partial charge is 0.355 e. The van der Waals surface area contributed by atoms with Crippen molar-refractivity contribution in [1.29, 1.82) is 0 Å². The summed E-state index contributed by atoms with van der Waals surface area (Å²) in [6, 6.07) is 0. The molecule has 1 aliphatic rings. The van der Waals surface area contributed by atoms with Crippen LogP contribution in [0.15, 0.2) is 18.9 Å². The van der Waals surface area contributed by atoms with Gasteiger partial charge in [0.05, 0.1) is 6.20 Å². The van der Waals surface area contributed by atoms with Crippen LogP contribution in [0, 0.1) is 0 Å². The smallest absolute Gasteiger partial charge is 0.244 e. The third kappa shape index (κ3) is 2.68. The molecule has 2 rings (SSSR count). The van der Waals surface area contributed by atoms with Gasteiger partial charge in [-0.2, -0.15) is 10.1 Å². The molecule has 1 fully saturated rings. The first-order chi connectivity index (χ1) is 7.90. The van der Waals surface area contributed by atoms with Gasteiger partial charge in [-0.1, -0.05) is 6.08 Å². The molecule has 1 aromatic rings. The van der Waals surface area contributed by atoms with E-state index >= 15 is 0 Å². The number of nitrogens with zero attached hydrogens (tertiary/aromatic N) is 4. The molecular weight excluding hydrogens is 202 g/mol. The molecule has 86 valence electrons. The van der Waals surface area contributed by atoms with E-state index in [0.717, 1.165) is 18.9 Å². The minimum absolute atomic E-state index is 0.572. The van der Waals surface area contributed by atoms with E-state index in [1.54, 1.807) is 12.3 Å². The van der Waals surface area contributed by atoms with Gasteiger partial charge in [-0.3, -0.25) is 0 Å². The predicted octanol–water partition coefficient (Wildman–Crippen LogP) is 1.46. The first kappa shape index (κ1) is 10.9. The van der Waals surface area contributed by atoms with E-state index in [4.69, 9.17) is 0 Å². The molecule has 0 spiro atoms. The monoisotopic (exact) mass is 219 g/mol. The van der Waals surface area contributed by atoms with E-state index in [2.05, 4.69) is 32.0 Å². The summed E-state index contributed by atoms with van der Waals surface area (Å²) in [5.74, 6) is 1.49. The Labute approximate surface area is 95.6 Å². The van der Waals surface area contributed by atoms with Crippen LogP contribution in [0.2, 0.25) is 0 Å². The molecule has 0 atom stereocenters. The van der Waals surface area contributed by atoms with Crippen LogP contribution in [0.1, 0.15) is 19.3 Å². The SMILES string of the molecule is C=CCNc1nncc(N2CCCCC2)n1. The second-order valence-corrected chi connectivity index (χ2v) is 3.86. The van der Waals surface area contributed by atoms with Crippen molar-refractivity contribution in [1.82, 2.24) is 15.2 Å². The minimum atomic E-state index is 0.572. The van der Waals surface area contributed by atoms with Gasteiger partial charge in [0.2, 0.25) is 5.95 Å². The molecule has 0 radical (unpaired) electrons. The first-order valence-electron chi connectivity index (χ1n) is 5.69. The number of piperidine rings is 1. The van der Waals surface area contributed by atoms with Crippen LogP contribution in [-0.2, 0) is 0 Å². The van der Waals surface area contributed by atoms with Crippen LogP contribution in [0.25, 0.3) is 0 Å². The number of aromatic nitrogens is 3. The maximum absolute atomic E-state index is 4.43. The number of anilines is 2. The van der Waals surface area contributed by atoms with E-state index in [1.165, 1.54) is 19.3 Å². The Bertz CT molecular complexity index is 346. The third-order valence-electron chi connectivity index (χ3n) is 2.63. The van der Waals surface area contributed by atoms with Crippen LogP contribution in [0.4, 0.5) is 11.8 Å². The standard InChI is InChI=1S/C11H17N5/c1-2-6-12-11-14-10(9-13-15-11)16-7-4-3-5-8-16/h2,9H,1,3-8H2,(H,12,14,15). The van der Waals surface area contributed by atoms with Crippen molar-refractivity contribution in [3.63, 3.8) is 0 Å². The summed E-state index contributed by atoms with van der Waals surface area (Å²) in [5.41, 5.74) is 0. The molecule has 2 heterocycles. The fraction of sp³-hybridized carbons (Fsp3) is 0.545. The molecule has 0 unspecified atom stereocenters. The van der Waals surface area contributed by atoms with Gasteiger partial charge in [-0.05, 0) is 19.3 Å². The predicted molar refractivity (Wildman–Crippen MR) is 64.6 cm³/mol. The van der Waals surface area contributed by atoms with Crippen LogP contribution in [0.5, 0.6) is 0 Å². The summed E-state index contributed by atoms with van der Waals surface area (Å²) in [6.45, 7) is 6.44. The molecule has 0 aliphatic carbocycles.